The Hall–Kier alpha value is -1.41. The average Bonchev–Trinajstić information content (AvgIpc) is 2.83. The molecule has 0 radical (unpaired) electrons. The Morgan fingerprint density at radius 3 is 2.59 bits per heavy atom. The van der Waals surface area contributed by atoms with E-state index in [0.29, 0.717) is 18.6 Å². The van der Waals surface area contributed by atoms with Crippen LogP contribution in [0.2, 0.25) is 0 Å². The van der Waals surface area contributed by atoms with Crippen LogP contribution in [0.1, 0.15) is 22.4 Å². The van der Waals surface area contributed by atoms with Crippen molar-refractivity contribution in [3.8, 4) is 0 Å². The molecule has 0 aliphatic rings. The highest BCUT2D eigenvalue weighted by atomic mass is 32.1. The molecule has 0 unspecified atom stereocenters. The monoisotopic (exact) mass is 244 g/mol. The first kappa shape index (κ1) is 12.1. The second-order valence-corrected chi connectivity index (χ2v) is 5.31. The van der Waals surface area contributed by atoms with E-state index < -0.39 is 0 Å². The van der Waals surface area contributed by atoms with Crippen LogP contribution in [0.4, 0.5) is 0 Å². The average molecular weight is 244 g/mol. The van der Waals surface area contributed by atoms with Gasteiger partial charge in [-0.15, -0.1) is 11.3 Å². The quantitative estimate of drug-likeness (QED) is 0.782. The Morgan fingerprint density at radius 2 is 1.94 bits per heavy atom. The van der Waals surface area contributed by atoms with Crippen molar-refractivity contribution in [2.24, 2.45) is 0 Å². The number of benzene rings is 1. The van der Waals surface area contributed by atoms with Crippen LogP contribution < -0.4 is 0 Å². The number of ketones is 1. The summed E-state index contributed by atoms with van der Waals surface area (Å²) in [5.41, 5.74) is 2.35. The molecule has 1 heterocycles. The summed E-state index contributed by atoms with van der Waals surface area (Å²) in [6.07, 6.45) is 2.09. The summed E-state index contributed by atoms with van der Waals surface area (Å²) in [5, 5.41) is 2.06. The number of thiophene rings is 1. The molecule has 0 aliphatic carbocycles. The van der Waals surface area contributed by atoms with Gasteiger partial charge in [-0.2, -0.15) is 0 Å². The molecule has 1 aromatic heterocycles. The molecular formula is C15H16OS. The standard InChI is InChI=1S/C15H16OS/c1-12-4-6-13(7-5-12)11-14(16)8-9-15-3-2-10-17-15/h2-7,10H,8-9,11H2,1H3. The number of rotatable bonds is 5. The largest absolute Gasteiger partial charge is 0.299 e. The molecule has 0 bridgehead atoms. The van der Waals surface area contributed by atoms with Gasteiger partial charge in [0.2, 0.25) is 0 Å². The summed E-state index contributed by atoms with van der Waals surface area (Å²) in [4.78, 5) is 13.1. The van der Waals surface area contributed by atoms with E-state index in [-0.39, 0.29) is 0 Å². The predicted molar refractivity (Wildman–Crippen MR) is 72.5 cm³/mol. The molecule has 0 amide bonds. The second-order valence-electron chi connectivity index (χ2n) is 4.28. The zero-order chi connectivity index (χ0) is 12.1. The van der Waals surface area contributed by atoms with E-state index >= 15 is 0 Å². The first-order chi connectivity index (χ1) is 8.24. The SMILES string of the molecule is Cc1ccc(CC(=O)CCc2cccs2)cc1. The Morgan fingerprint density at radius 1 is 1.18 bits per heavy atom. The lowest BCUT2D eigenvalue weighted by Crippen LogP contribution is -2.03. The van der Waals surface area contributed by atoms with Crippen molar-refractivity contribution in [1.29, 1.82) is 0 Å². The highest BCUT2D eigenvalue weighted by Crippen LogP contribution is 2.12. The lowest BCUT2D eigenvalue weighted by molar-refractivity contribution is -0.118. The van der Waals surface area contributed by atoms with E-state index in [2.05, 4.69) is 30.5 Å². The molecule has 88 valence electrons. The van der Waals surface area contributed by atoms with Crippen molar-refractivity contribution in [3.63, 3.8) is 0 Å². The Labute approximate surface area is 106 Å². The van der Waals surface area contributed by atoms with Crippen LogP contribution in [-0.2, 0) is 17.6 Å². The minimum Gasteiger partial charge on any atom is -0.299 e. The normalized spacial score (nSPS) is 10.4. The number of carbonyl (C=O) groups excluding carboxylic acids is 1. The molecule has 0 atom stereocenters. The van der Waals surface area contributed by atoms with Gasteiger partial charge in [0.05, 0.1) is 0 Å². The topological polar surface area (TPSA) is 17.1 Å². The van der Waals surface area contributed by atoms with Gasteiger partial charge in [0, 0.05) is 17.7 Å². The van der Waals surface area contributed by atoms with Crippen LogP contribution in [0.3, 0.4) is 0 Å². The minimum atomic E-state index is 0.322. The van der Waals surface area contributed by atoms with Crippen LogP contribution >= 0.6 is 11.3 Å². The highest BCUT2D eigenvalue weighted by Gasteiger charge is 2.04. The predicted octanol–water partition coefficient (Wildman–Crippen LogP) is 3.80. The lowest BCUT2D eigenvalue weighted by atomic mass is 10.0. The molecule has 0 saturated carbocycles. The molecule has 17 heavy (non-hydrogen) atoms. The lowest BCUT2D eigenvalue weighted by Gasteiger charge is -2.01. The molecule has 0 N–H and O–H groups in total. The van der Waals surface area contributed by atoms with Crippen LogP contribution in [0, 0.1) is 6.92 Å². The first-order valence-electron chi connectivity index (χ1n) is 5.83. The number of aryl methyl sites for hydroxylation is 2. The maximum atomic E-state index is 11.8. The summed E-state index contributed by atoms with van der Waals surface area (Å²) < 4.78 is 0. The minimum absolute atomic E-state index is 0.322. The van der Waals surface area contributed by atoms with Crippen LogP contribution in [0.5, 0.6) is 0 Å². The molecule has 1 nitrogen and oxygen atoms in total. The van der Waals surface area contributed by atoms with E-state index in [9.17, 15) is 4.79 Å². The maximum Gasteiger partial charge on any atom is 0.137 e. The zero-order valence-corrected chi connectivity index (χ0v) is 10.8. The van der Waals surface area contributed by atoms with Crippen molar-refractivity contribution >= 4 is 17.1 Å². The molecule has 2 heteroatoms. The van der Waals surface area contributed by atoms with E-state index in [1.807, 2.05) is 18.2 Å². The fraction of sp³-hybridized carbons (Fsp3) is 0.267. The Kier molecular flexibility index (Phi) is 4.10. The number of carbonyl (C=O) groups is 1. The summed E-state index contributed by atoms with van der Waals surface area (Å²) >= 11 is 1.72. The van der Waals surface area contributed by atoms with Gasteiger partial charge < -0.3 is 0 Å². The summed E-state index contributed by atoms with van der Waals surface area (Å²) in [6, 6.07) is 12.3. The van der Waals surface area contributed by atoms with Gasteiger partial charge in [0.1, 0.15) is 5.78 Å². The van der Waals surface area contributed by atoms with E-state index in [4.69, 9.17) is 0 Å². The molecule has 2 rings (SSSR count). The van der Waals surface area contributed by atoms with Gasteiger partial charge in [0.25, 0.3) is 0 Å². The molecule has 0 fully saturated rings. The fourth-order valence-electron chi connectivity index (χ4n) is 1.74. The Balaban J connectivity index is 1.83. The molecule has 2 aromatic rings. The third-order valence-electron chi connectivity index (χ3n) is 2.75. The number of hydrogen-bond donors (Lipinski definition) is 0. The molecular weight excluding hydrogens is 228 g/mol. The van der Waals surface area contributed by atoms with Crippen LogP contribution in [0.25, 0.3) is 0 Å². The number of Topliss-reactive ketones (excluding diaryl/α,β-unsaturated/α-hetero) is 1. The molecule has 0 spiro atoms. The maximum absolute atomic E-state index is 11.8. The van der Waals surface area contributed by atoms with Gasteiger partial charge in [-0.25, -0.2) is 0 Å². The van der Waals surface area contributed by atoms with Gasteiger partial charge in [-0.05, 0) is 30.4 Å². The van der Waals surface area contributed by atoms with Gasteiger partial charge in [0.15, 0.2) is 0 Å². The van der Waals surface area contributed by atoms with E-state index in [0.717, 1.165) is 12.0 Å². The third-order valence-corrected chi connectivity index (χ3v) is 3.69. The van der Waals surface area contributed by atoms with Crippen molar-refractivity contribution in [3.05, 3.63) is 57.8 Å². The van der Waals surface area contributed by atoms with Crippen molar-refractivity contribution in [2.75, 3.05) is 0 Å². The van der Waals surface area contributed by atoms with Gasteiger partial charge in [-0.1, -0.05) is 35.9 Å². The highest BCUT2D eigenvalue weighted by molar-refractivity contribution is 7.09. The fourth-order valence-corrected chi connectivity index (χ4v) is 2.45. The van der Waals surface area contributed by atoms with Crippen molar-refractivity contribution in [1.82, 2.24) is 0 Å². The summed E-state index contributed by atoms with van der Waals surface area (Å²) in [5.74, 6) is 0.322. The summed E-state index contributed by atoms with van der Waals surface area (Å²) in [6.45, 7) is 2.06. The van der Waals surface area contributed by atoms with Gasteiger partial charge >= 0.3 is 0 Å². The van der Waals surface area contributed by atoms with E-state index in [1.54, 1.807) is 11.3 Å². The molecule has 0 saturated heterocycles. The van der Waals surface area contributed by atoms with E-state index in [1.165, 1.54) is 10.4 Å². The summed E-state index contributed by atoms with van der Waals surface area (Å²) in [7, 11) is 0. The van der Waals surface area contributed by atoms with Crippen molar-refractivity contribution in [2.45, 2.75) is 26.2 Å². The first-order valence-corrected chi connectivity index (χ1v) is 6.71. The number of hydrogen-bond acceptors (Lipinski definition) is 2. The van der Waals surface area contributed by atoms with Crippen LogP contribution in [0.15, 0.2) is 41.8 Å². The molecule has 1 aromatic carbocycles. The third kappa shape index (κ3) is 3.82. The molecule has 0 aliphatic heterocycles. The second kappa shape index (κ2) is 5.78. The Bertz CT molecular complexity index is 468. The zero-order valence-electron chi connectivity index (χ0n) is 9.98. The van der Waals surface area contributed by atoms with Crippen LogP contribution in [-0.4, -0.2) is 5.78 Å². The smallest absolute Gasteiger partial charge is 0.137 e. The van der Waals surface area contributed by atoms with Crippen molar-refractivity contribution < 1.29 is 4.79 Å². The van der Waals surface area contributed by atoms with Gasteiger partial charge in [-0.3, -0.25) is 4.79 Å².